The standard InChI is InChI=1S/C11H18N2O3S/c1-8-6-11(9(2)16-8)17(14,15)13-7-10-4-3-5-12-10/h6,10,12-13H,3-5,7H2,1-2H3. The second-order valence-electron chi connectivity index (χ2n) is 4.42. The molecule has 0 spiro atoms. The van der Waals surface area contributed by atoms with Crippen molar-refractivity contribution in [2.24, 2.45) is 0 Å². The van der Waals surface area contributed by atoms with Gasteiger partial charge in [-0.2, -0.15) is 0 Å². The average molecular weight is 258 g/mol. The summed E-state index contributed by atoms with van der Waals surface area (Å²) < 4.78 is 31.9. The van der Waals surface area contributed by atoms with Gasteiger partial charge < -0.3 is 9.73 Å². The van der Waals surface area contributed by atoms with E-state index < -0.39 is 10.0 Å². The van der Waals surface area contributed by atoms with Crippen LogP contribution in [-0.2, 0) is 10.0 Å². The molecule has 1 atom stereocenters. The molecule has 0 aliphatic carbocycles. The fourth-order valence-electron chi connectivity index (χ4n) is 2.09. The third kappa shape index (κ3) is 2.88. The van der Waals surface area contributed by atoms with Crippen molar-refractivity contribution < 1.29 is 12.8 Å². The fourth-order valence-corrected chi connectivity index (χ4v) is 3.41. The first kappa shape index (κ1) is 12.6. The zero-order valence-electron chi connectivity index (χ0n) is 10.1. The molecule has 2 N–H and O–H groups in total. The summed E-state index contributed by atoms with van der Waals surface area (Å²) in [7, 11) is -3.44. The van der Waals surface area contributed by atoms with Gasteiger partial charge in [0.2, 0.25) is 10.0 Å². The molecule has 0 bridgehead atoms. The molecule has 0 amide bonds. The molecule has 5 nitrogen and oxygen atoms in total. The summed E-state index contributed by atoms with van der Waals surface area (Å²) in [5.74, 6) is 1.05. The van der Waals surface area contributed by atoms with Gasteiger partial charge in [0.25, 0.3) is 0 Å². The highest BCUT2D eigenvalue weighted by atomic mass is 32.2. The zero-order chi connectivity index (χ0) is 12.5. The quantitative estimate of drug-likeness (QED) is 0.842. The van der Waals surface area contributed by atoms with Gasteiger partial charge in [0, 0.05) is 12.6 Å². The van der Waals surface area contributed by atoms with Gasteiger partial charge >= 0.3 is 0 Å². The number of sulfonamides is 1. The molecular weight excluding hydrogens is 240 g/mol. The average Bonchev–Trinajstić information content (AvgIpc) is 2.85. The monoisotopic (exact) mass is 258 g/mol. The van der Waals surface area contributed by atoms with Crippen molar-refractivity contribution in [2.75, 3.05) is 13.1 Å². The molecule has 1 fully saturated rings. The maximum Gasteiger partial charge on any atom is 0.244 e. The summed E-state index contributed by atoms with van der Waals surface area (Å²) in [6, 6.07) is 1.80. The predicted molar refractivity (Wildman–Crippen MR) is 64.4 cm³/mol. The lowest BCUT2D eigenvalue weighted by atomic mass is 10.2. The minimum atomic E-state index is -3.44. The molecule has 2 heterocycles. The van der Waals surface area contributed by atoms with Crippen molar-refractivity contribution in [1.82, 2.24) is 10.0 Å². The van der Waals surface area contributed by atoms with Crippen LogP contribution in [0.3, 0.4) is 0 Å². The summed E-state index contributed by atoms with van der Waals surface area (Å²) in [4.78, 5) is 0.244. The molecule has 1 aromatic heterocycles. The molecule has 0 saturated carbocycles. The minimum Gasteiger partial charge on any atom is -0.465 e. The van der Waals surface area contributed by atoms with Gasteiger partial charge in [-0.1, -0.05) is 0 Å². The van der Waals surface area contributed by atoms with Gasteiger partial charge in [-0.25, -0.2) is 13.1 Å². The number of furan rings is 1. The highest BCUT2D eigenvalue weighted by Crippen LogP contribution is 2.19. The van der Waals surface area contributed by atoms with Gasteiger partial charge in [0.1, 0.15) is 16.4 Å². The summed E-state index contributed by atoms with van der Waals surface area (Å²) in [6.07, 6.45) is 2.13. The Morgan fingerprint density at radius 3 is 2.82 bits per heavy atom. The van der Waals surface area contributed by atoms with Gasteiger partial charge in [0.05, 0.1) is 0 Å². The first-order valence-corrected chi connectivity index (χ1v) is 7.27. The van der Waals surface area contributed by atoms with E-state index in [1.807, 2.05) is 0 Å². The summed E-state index contributed by atoms with van der Waals surface area (Å²) in [6.45, 7) is 4.81. The van der Waals surface area contributed by atoms with Crippen LogP contribution in [0.1, 0.15) is 24.4 Å². The van der Waals surface area contributed by atoms with Crippen molar-refractivity contribution >= 4 is 10.0 Å². The molecule has 17 heavy (non-hydrogen) atoms. The number of hydrogen-bond donors (Lipinski definition) is 2. The Hall–Kier alpha value is -0.850. The topological polar surface area (TPSA) is 71.3 Å². The largest absolute Gasteiger partial charge is 0.465 e. The van der Waals surface area contributed by atoms with Crippen LogP contribution >= 0.6 is 0 Å². The first-order valence-electron chi connectivity index (χ1n) is 5.79. The highest BCUT2D eigenvalue weighted by Gasteiger charge is 2.22. The molecule has 6 heteroatoms. The molecular formula is C11H18N2O3S. The fraction of sp³-hybridized carbons (Fsp3) is 0.636. The van der Waals surface area contributed by atoms with Crippen LogP contribution in [0.2, 0.25) is 0 Å². The van der Waals surface area contributed by atoms with Crippen molar-refractivity contribution in [3.05, 3.63) is 17.6 Å². The summed E-state index contributed by atoms with van der Waals surface area (Å²) in [5, 5.41) is 3.25. The van der Waals surface area contributed by atoms with Crippen LogP contribution in [0, 0.1) is 13.8 Å². The van der Waals surface area contributed by atoms with E-state index in [1.54, 1.807) is 19.9 Å². The number of nitrogens with one attached hydrogen (secondary N) is 2. The molecule has 1 unspecified atom stereocenters. The van der Waals surface area contributed by atoms with Crippen LogP contribution in [0.25, 0.3) is 0 Å². The predicted octanol–water partition coefficient (Wildman–Crippen LogP) is 0.927. The second kappa shape index (κ2) is 4.80. The van der Waals surface area contributed by atoms with Crippen molar-refractivity contribution in [1.29, 1.82) is 0 Å². The minimum absolute atomic E-state index is 0.244. The lowest BCUT2D eigenvalue weighted by Gasteiger charge is -2.11. The van der Waals surface area contributed by atoms with Gasteiger partial charge in [0.15, 0.2) is 0 Å². The summed E-state index contributed by atoms with van der Waals surface area (Å²) in [5.41, 5.74) is 0. The van der Waals surface area contributed by atoms with Crippen molar-refractivity contribution in [2.45, 2.75) is 37.6 Å². The third-order valence-corrected chi connectivity index (χ3v) is 4.50. The van der Waals surface area contributed by atoms with E-state index in [4.69, 9.17) is 4.42 Å². The lowest BCUT2D eigenvalue weighted by Crippen LogP contribution is -2.37. The summed E-state index contributed by atoms with van der Waals surface area (Å²) >= 11 is 0. The molecule has 1 aliphatic heterocycles. The van der Waals surface area contributed by atoms with Crippen LogP contribution < -0.4 is 10.0 Å². The Kier molecular flexibility index (Phi) is 3.56. The van der Waals surface area contributed by atoms with E-state index in [-0.39, 0.29) is 10.9 Å². The van der Waals surface area contributed by atoms with Gasteiger partial charge in [-0.15, -0.1) is 0 Å². The van der Waals surface area contributed by atoms with Crippen molar-refractivity contribution in [3.63, 3.8) is 0 Å². The normalized spacial score (nSPS) is 20.9. The van der Waals surface area contributed by atoms with Gasteiger partial charge in [-0.3, -0.25) is 0 Å². The zero-order valence-corrected chi connectivity index (χ0v) is 10.9. The molecule has 0 aromatic carbocycles. The van der Waals surface area contributed by atoms with E-state index in [1.165, 1.54) is 0 Å². The Bertz CT molecular complexity index is 487. The van der Waals surface area contributed by atoms with Gasteiger partial charge in [-0.05, 0) is 39.3 Å². The molecule has 1 aromatic rings. The molecule has 96 valence electrons. The third-order valence-electron chi connectivity index (χ3n) is 2.97. The van der Waals surface area contributed by atoms with E-state index in [0.717, 1.165) is 19.4 Å². The van der Waals surface area contributed by atoms with Crippen LogP contribution in [0.4, 0.5) is 0 Å². The molecule has 1 aliphatic rings. The van der Waals surface area contributed by atoms with Crippen molar-refractivity contribution in [3.8, 4) is 0 Å². The van der Waals surface area contributed by atoms with E-state index in [0.29, 0.717) is 18.1 Å². The lowest BCUT2D eigenvalue weighted by molar-refractivity contribution is 0.495. The van der Waals surface area contributed by atoms with Crippen LogP contribution in [0.15, 0.2) is 15.4 Å². The number of aryl methyl sites for hydroxylation is 2. The Labute approximate surface area is 102 Å². The van der Waals surface area contributed by atoms with E-state index >= 15 is 0 Å². The number of rotatable bonds is 4. The SMILES string of the molecule is Cc1cc(S(=O)(=O)NCC2CCCN2)c(C)o1. The maximum atomic E-state index is 12.0. The van der Waals surface area contributed by atoms with Crippen LogP contribution in [-0.4, -0.2) is 27.5 Å². The molecule has 0 radical (unpaired) electrons. The molecule has 2 rings (SSSR count). The van der Waals surface area contributed by atoms with Crippen LogP contribution in [0.5, 0.6) is 0 Å². The highest BCUT2D eigenvalue weighted by molar-refractivity contribution is 7.89. The smallest absolute Gasteiger partial charge is 0.244 e. The molecule has 1 saturated heterocycles. The van der Waals surface area contributed by atoms with E-state index in [9.17, 15) is 8.42 Å². The Balaban J connectivity index is 2.05. The number of hydrogen-bond acceptors (Lipinski definition) is 4. The maximum absolute atomic E-state index is 12.0. The second-order valence-corrected chi connectivity index (χ2v) is 6.16. The van der Waals surface area contributed by atoms with E-state index in [2.05, 4.69) is 10.0 Å². The Morgan fingerprint density at radius 1 is 1.53 bits per heavy atom. The Morgan fingerprint density at radius 2 is 2.29 bits per heavy atom. The first-order chi connectivity index (χ1) is 7.99.